The van der Waals surface area contributed by atoms with Crippen molar-refractivity contribution in [2.75, 3.05) is 39.3 Å². The number of carboxylic acids is 2. The van der Waals surface area contributed by atoms with Crippen LogP contribution in [0.4, 0.5) is 0 Å². The highest BCUT2D eigenvalue weighted by Gasteiger charge is 2.22. The quantitative estimate of drug-likeness (QED) is 0.198. The lowest BCUT2D eigenvalue weighted by atomic mass is 9.88. The number of aliphatic carboxylic acids is 2. The molecule has 2 aromatic carbocycles. The monoisotopic (exact) mass is 572 g/mol. The van der Waals surface area contributed by atoms with Gasteiger partial charge in [-0.25, -0.2) is 9.59 Å². The number of hydrogen-bond acceptors (Lipinski definition) is 4. The third-order valence-corrected chi connectivity index (χ3v) is 8.41. The molecule has 4 heterocycles. The van der Waals surface area contributed by atoms with E-state index in [1.165, 1.54) is 97.9 Å². The Morgan fingerprint density at radius 3 is 1.55 bits per heavy atom. The molecule has 42 heavy (non-hydrogen) atoms. The number of piperidine rings is 2. The van der Waals surface area contributed by atoms with Crippen molar-refractivity contribution >= 4 is 33.7 Å². The first-order chi connectivity index (χ1) is 20.4. The van der Waals surface area contributed by atoms with E-state index in [4.69, 9.17) is 10.2 Å². The molecule has 0 saturated carbocycles. The number of carboxylic acid groups (broad SMARTS) is 2. The molecule has 2 fully saturated rings. The average molecular weight is 573 g/mol. The number of hydrogen-bond donors (Lipinski definition) is 4. The minimum absolute atomic E-state index is 0.558. The van der Waals surface area contributed by atoms with Gasteiger partial charge in [0.1, 0.15) is 0 Å². The average Bonchev–Trinajstić information content (AvgIpc) is 3.70. The van der Waals surface area contributed by atoms with Gasteiger partial charge in [-0.15, -0.1) is 0 Å². The maximum Gasteiger partial charge on any atom is 0.328 e. The Labute approximate surface area is 248 Å². The second-order valence-corrected chi connectivity index (χ2v) is 11.0. The zero-order chi connectivity index (χ0) is 29.9. The molecule has 2 aliphatic heterocycles. The van der Waals surface area contributed by atoms with Crippen LogP contribution in [0.15, 0.2) is 73.1 Å². The summed E-state index contributed by atoms with van der Waals surface area (Å²) in [5, 5.41) is 18.4. The minimum Gasteiger partial charge on any atom is -0.478 e. The fourth-order valence-corrected chi connectivity index (χ4v) is 6.27. The molecule has 8 heteroatoms. The molecular weight excluding hydrogens is 528 g/mol. The molecule has 0 bridgehead atoms. The number of benzene rings is 2. The van der Waals surface area contributed by atoms with Crippen molar-refractivity contribution in [1.82, 2.24) is 19.8 Å². The van der Waals surface area contributed by atoms with Crippen molar-refractivity contribution in [2.45, 2.75) is 51.4 Å². The Bertz CT molecular complexity index is 1360. The van der Waals surface area contributed by atoms with Crippen LogP contribution in [-0.2, 0) is 9.59 Å². The standard InChI is InChI=1S/2C15H20N2.C4H4O4/c2*1-2-17-10-4-5-12(11-17)13-6-3-7-15-14(13)8-9-16-15;5-3(6)1-2-4(7)8/h2*3,6-9,12,16H,2,4-5,10-11H2,1H3;1-2H,(H,5,6)(H,7,8)/b;;2-1+. The van der Waals surface area contributed by atoms with Gasteiger partial charge in [0, 0.05) is 59.4 Å². The van der Waals surface area contributed by atoms with E-state index in [0.717, 1.165) is 0 Å². The van der Waals surface area contributed by atoms with Gasteiger partial charge in [-0.2, -0.15) is 0 Å². The number of aromatic nitrogens is 2. The zero-order valence-electron chi connectivity index (χ0n) is 24.8. The molecule has 2 saturated heterocycles. The molecule has 8 nitrogen and oxygen atoms in total. The summed E-state index contributed by atoms with van der Waals surface area (Å²) in [5.41, 5.74) is 5.61. The lowest BCUT2D eigenvalue weighted by molar-refractivity contribution is -0.134. The van der Waals surface area contributed by atoms with Gasteiger partial charge in [-0.3, -0.25) is 0 Å². The van der Waals surface area contributed by atoms with Crippen LogP contribution in [0.2, 0.25) is 0 Å². The van der Waals surface area contributed by atoms with Gasteiger partial charge in [0.15, 0.2) is 0 Å². The van der Waals surface area contributed by atoms with Crippen molar-refractivity contribution in [1.29, 1.82) is 0 Å². The first kappa shape index (κ1) is 31.1. The fourth-order valence-electron chi connectivity index (χ4n) is 6.27. The van der Waals surface area contributed by atoms with E-state index < -0.39 is 11.9 Å². The van der Waals surface area contributed by atoms with Gasteiger partial charge in [-0.1, -0.05) is 38.1 Å². The molecule has 4 N–H and O–H groups in total. The summed E-state index contributed by atoms with van der Waals surface area (Å²) in [6.45, 7) is 11.9. The van der Waals surface area contributed by atoms with Gasteiger partial charge in [0.25, 0.3) is 0 Å². The molecule has 6 rings (SSSR count). The maximum absolute atomic E-state index is 9.55. The highest BCUT2D eigenvalue weighted by Crippen LogP contribution is 2.32. The molecule has 0 amide bonds. The van der Waals surface area contributed by atoms with Gasteiger partial charge < -0.3 is 30.0 Å². The predicted octanol–water partition coefficient (Wildman–Crippen LogP) is 6.45. The maximum atomic E-state index is 9.55. The smallest absolute Gasteiger partial charge is 0.328 e. The number of rotatable bonds is 6. The van der Waals surface area contributed by atoms with E-state index in [-0.39, 0.29) is 0 Å². The third kappa shape index (κ3) is 8.33. The number of nitrogens with one attached hydrogen (secondary N) is 2. The lowest BCUT2D eigenvalue weighted by Crippen LogP contribution is -2.34. The minimum atomic E-state index is -1.26. The van der Waals surface area contributed by atoms with Crippen LogP contribution in [0.3, 0.4) is 0 Å². The van der Waals surface area contributed by atoms with E-state index in [9.17, 15) is 9.59 Å². The number of carbonyl (C=O) groups is 2. The summed E-state index contributed by atoms with van der Waals surface area (Å²) in [5.74, 6) is -1.09. The Balaban J connectivity index is 0.000000155. The van der Waals surface area contributed by atoms with Gasteiger partial charge in [0.2, 0.25) is 0 Å². The molecule has 2 aromatic heterocycles. The lowest BCUT2D eigenvalue weighted by Gasteiger charge is -2.32. The van der Waals surface area contributed by atoms with E-state index >= 15 is 0 Å². The van der Waals surface area contributed by atoms with E-state index in [2.05, 4.69) is 94.5 Å². The van der Waals surface area contributed by atoms with E-state index in [0.29, 0.717) is 24.0 Å². The first-order valence-corrected chi connectivity index (χ1v) is 15.1. The van der Waals surface area contributed by atoms with Crippen LogP contribution < -0.4 is 0 Å². The SMILES string of the molecule is CCN1CCCC(c2cccc3[nH]ccc23)C1.CCN1CCCC(c2cccc3[nH]ccc23)C1.O=C(O)/C=C/C(=O)O. The number of fused-ring (bicyclic) bond motifs is 2. The Hall–Kier alpha value is -3.88. The predicted molar refractivity (Wildman–Crippen MR) is 169 cm³/mol. The number of likely N-dealkylation sites (tertiary alicyclic amines) is 2. The summed E-state index contributed by atoms with van der Waals surface area (Å²) in [6, 6.07) is 17.7. The Morgan fingerprint density at radius 2 is 1.17 bits per heavy atom. The van der Waals surface area contributed by atoms with Crippen molar-refractivity contribution in [3.63, 3.8) is 0 Å². The van der Waals surface area contributed by atoms with Crippen LogP contribution in [0, 0.1) is 0 Å². The van der Waals surface area contributed by atoms with Crippen molar-refractivity contribution in [2.24, 2.45) is 0 Å². The van der Waals surface area contributed by atoms with Crippen LogP contribution in [0.5, 0.6) is 0 Å². The molecule has 224 valence electrons. The van der Waals surface area contributed by atoms with Crippen molar-refractivity contribution < 1.29 is 19.8 Å². The van der Waals surface area contributed by atoms with E-state index in [1.807, 2.05) is 0 Å². The molecule has 2 atom stereocenters. The van der Waals surface area contributed by atoms with Gasteiger partial charge in [-0.05, 0) is 99.1 Å². The summed E-state index contributed by atoms with van der Waals surface area (Å²) >= 11 is 0. The van der Waals surface area contributed by atoms with Crippen LogP contribution in [0.1, 0.15) is 62.5 Å². The van der Waals surface area contributed by atoms with Crippen molar-refractivity contribution in [3.05, 3.63) is 84.2 Å². The number of likely N-dealkylation sites (N-methyl/N-ethyl adjacent to an activating group) is 2. The van der Waals surface area contributed by atoms with Gasteiger partial charge >= 0.3 is 11.9 Å². The second-order valence-electron chi connectivity index (χ2n) is 11.0. The fraction of sp³-hybridized carbons (Fsp3) is 0.412. The molecule has 4 aromatic rings. The Kier molecular flexibility index (Phi) is 11.4. The summed E-state index contributed by atoms with van der Waals surface area (Å²) < 4.78 is 0. The molecular formula is C34H44N4O4. The molecule has 2 aliphatic rings. The summed E-state index contributed by atoms with van der Waals surface area (Å²) in [6.07, 6.45) is 10.5. The highest BCUT2D eigenvalue weighted by atomic mass is 16.4. The highest BCUT2D eigenvalue weighted by molar-refractivity contribution is 5.89. The van der Waals surface area contributed by atoms with Crippen LogP contribution in [0.25, 0.3) is 21.8 Å². The number of H-pyrrole nitrogens is 2. The summed E-state index contributed by atoms with van der Waals surface area (Å²) in [7, 11) is 0. The molecule has 0 aliphatic carbocycles. The molecule has 0 spiro atoms. The number of aromatic amines is 2. The topological polar surface area (TPSA) is 113 Å². The molecule has 0 radical (unpaired) electrons. The first-order valence-electron chi connectivity index (χ1n) is 15.1. The van der Waals surface area contributed by atoms with Crippen molar-refractivity contribution in [3.8, 4) is 0 Å². The van der Waals surface area contributed by atoms with E-state index in [1.54, 1.807) is 0 Å². The second kappa shape index (κ2) is 15.4. The number of nitrogens with zero attached hydrogens (tertiary/aromatic N) is 2. The third-order valence-electron chi connectivity index (χ3n) is 8.41. The summed E-state index contributed by atoms with van der Waals surface area (Å²) in [4.78, 5) is 30.9. The van der Waals surface area contributed by atoms with Gasteiger partial charge in [0.05, 0.1) is 0 Å². The normalized spacial score (nSPS) is 19.7. The largest absolute Gasteiger partial charge is 0.478 e. The molecule has 2 unspecified atom stereocenters. The van der Waals surface area contributed by atoms with Crippen LogP contribution in [-0.4, -0.2) is 81.2 Å². The van der Waals surface area contributed by atoms with Crippen LogP contribution >= 0.6 is 0 Å². The zero-order valence-corrected chi connectivity index (χ0v) is 24.8. The Morgan fingerprint density at radius 1 is 0.738 bits per heavy atom.